The third kappa shape index (κ3) is 3.24. The van der Waals surface area contributed by atoms with Crippen molar-refractivity contribution in [2.45, 2.75) is 51.0 Å². The molecule has 2 N–H and O–H groups in total. The van der Waals surface area contributed by atoms with Crippen molar-refractivity contribution in [1.82, 2.24) is 5.32 Å². The number of carbonyl (C=O) groups excluding carboxylic acids is 2. The van der Waals surface area contributed by atoms with Gasteiger partial charge in [0.05, 0.1) is 0 Å². The van der Waals surface area contributed by atoms with Crippen LogP contribution in [0.15, 0.2) is 18.2 Å². The van der Waals surface area contributed by atoms with Gasteiger partial charge in [0.15, 0.2) is 6.61 Å². The number of aromatic hydroxyl groups is 1. The lowest BCUT2D eigenvalue weighted by molar-refractivity contribution is -0.130. The summed E-state index contributed by atoms with van der Waals surface area (Å²) in [5.74, 6) is 1.22. The summed E-state index contributed by atoms with van der Waals surface area (Å²) < 4.78 is 5.11. The van der Waals surface area contributed by atoms with Gasteiger partial charge in [-0.25, -0.2) is 4.79 Å². The first kappa shape index (κ1) is 16.4. The van der Waals surface area contributed by atoms with Gasteiger partial charge in [0.25, 0.3) is 5.91 Å². The largest absolute Gasteiger partial charge is 0.507 e. The predicted molar refractivity (Wildman–Crippen MR) is 92.2 cm³/mol. The summed E-state index contributed by atoms with van der Waals surface area (Å²) in [5, 5.41) is 13.0. The van der Waals surface area contributed by atoms with Crippen LogP contribution in [0.3, 0.4) is 0 Å². The van der Waals surface area contributed by atoms with Gasteiger partial charge in [0.2, 0.25) is 0 Å². The quantitative estimate of drug-likeness (QED) is 0.824. The minimum atomic E-state index is -0.668. The zero-order valence-corrected chi connectivity index (χ0v) is 14.6. The molecule has 4 saturated carbocycles. The number of rotatable bonds is 4. The van der Waals surface area contributed by atoms with Crippen LogP contribution in [0.25, 0.3) is 0 Å². The molecule has 4 aliphatic carbocycles. The van der Waals surface area contributed by atoms with Crippen molar-refractivity contribution in [3.05, 3.63) is 29.3 Å². The Morgan fingerprint density at radius 1 is 1.16 bits per heavy atom. The molecule has 0 saturated heterocycles. The third-order valence-electron chi connectivity index (χ3n) is 6.15. The van der Waals surface area contributed by atoms with Crippen molar-refractivity contribution in [2.75, 3.05) is 6.61 Å². The van der Waals surface area contributed by atoms with Gasteiger partial charge < -0.3 is 15.2 Å². The molecular weight excluding hydrogens is 318 g/mol. The van der Waals surface area contributed by atoms with Crippen molar-refractivity contribution in [2.24, 2.45) is 17.8 Å². The van der Waals surface area contributed by atoms with Gasteiger partial charge in [-0.15, -0.1) is 0 Å². The second kappa shape index (κ2) is 6.04. The fourth-order valence-corrected chi connectivity index (χ4v) is 5.62. The van der Waals surface area contributed by atoms with Crippen LogP contribution in [-0.4, -0.2) is 29.1 Å². The molecule has 4 fully saturated rings. The normalized spacial score (nSPS) is 32.4. The third-order valence-corrected chi connectivity index (χ3v) is 6.15. The van der Waals surface area contributed by atoms with E-state index in [9.17, 15) is 14.7 Å². The zero-order valence-electron chi connectivity index (χ0n) is 14.6. The predicted octanol–water partition coefficient (Wildman–Crippen LogP) is 2.94. The molecule has 4 bridgehead atoms. The Bertz CT molecular complexity index is 676. The van der Waals surface area contributed by atoms with Gasteiger partial charge in [-0.3, -0.25) is 4.79 Å². The van der Waals surface area contributed by atoms with Gasteiger partial charge in [0.1, 0.15) is 11.3 Å². The second-order valence-electron chi connectivity index (χ2n) is 8.34. The van der Waals surface area contributed by atoms with E-state index in [0.717, 1.165) is 42.6 Å². The second-order valence-corrected chi connectivity index (χ2v) is 8.34. The molecule has 134 valence electrons. The summed E-state index contributed by atoms with van der Waals surface area (Å²) in [4.78, 5) is 24.4. The maximum Gasteiger partial charge on any atom is 0.342 e. The average Bonchev–Trinajstić information content (AvgIpc) is 2.50. The smallest absolute Gasteiger partial charge is 0.342 e. The first-order valence-corrected chi connectivity index (χ1v) is 9.20. The maximum atomic E-state index is 12.4. The highest BCUT2D eigenvalue weighted by molar-refractivity contribution is 5.94. The molecule has 0 atom stereocenters. The average molecular weight is 343 g/mol. The number of ether oxygens (including phenoxy) is 1. The Labute approximate surface area is 147 Å². The number of phenols is 1. The van der Waals surface area contributed by atoms with Crippen molar-refractivity contribution in [3.63, 3.8) is 0 Å². The van der Waals surface area contributed by atoms with Gasteiger partial charge in [-0.2, -0.15) is 0 Å². The fourth-order valence-electron chi connectivity index (χ4n) is 5.62. The number of hydrogen-bond acceptors (Lipinski definition) is 4. The molecule has 5 heteroatoms. The minimum Gasteiger partial charge on any atom is -0.507 e. The SMILES string of the molecule is Cc1ccc(C(=O)OCC(=O)NC23CC4CC(CC(C4)C2)C3)c(O)c1. The number of nitrogens with one attached hydrogen (secondary N) is 1. The number of benzene rings is 1. The van der Waals surface area contributed by atoms with Crippen LogP contribution in [0.2, 0.25) is 0 Å². The summed E-state index contributed by atoms with van der Waals surface area (Å²) in [6.45, 7) is 1.53. The highest BCUT2D eigenvalue weighted by Crippen LogP contribution is 2.55. The Morgan fingerprint density at radius 2 is 1.76 bits per heavy atom. The van der Waals surface area contributed by atoms with Crippen LogP contribution in [-0.2, 0) is 9.53 Å². The highest BCUT2D eigenvalue weighted by Gasteiger charge is 2.51. The molecule has 5 rings (SSSR count). The lowest BCUT2D eigenvalue weighted by Crippen LogP contribution is -2.60. The van der Waals surface area contributed by atoms with Crippen LogP contribution in [0, 0.1) is 24.7 Å². The van der Waals surface area contributed by atoms with Crippen LogP contribution in [0.4, 0.5) is 0 Å². The van der Waals surface area contributed by atoms with E-state index in [2.05, 4.69) is 5.32 Å². The van der Waals surface area contributed by atoms with Crippen molar-refractivity contribution in [3.8, 4) is 5.75 Å². The van der Waals surface area contributed by atoms with Gasteiger partial charge in [0, 0.05) is 5.54 Å². The Hall–Kier alpha value is -2.04. The minimum absolute atomic E-state index is 0.0791. The molecular formula is C20H25NO4. The molecule has 0 unspecified atom stereocenters. The molecule has 5 nitrogen and oxygen atoms in total. The van der Waals surface area contributed by atoms with Crippen molar-refractivity contribution in [1.29, 1.82) is 0 Å². The topological polar surface area (TPSA) is 75.6 Å². The van der Waals surface area contributed by atoms with E-state index >= 15 is 0 Å². The molecule has 0 spiro atoms. The molecule has 25 heavy (non-hydrogen) atoms. The summed E-state index contributed by atoms with van der Waals surface area (Å²) >= 11 is 0. The van der Waals surface area contributed by atoms with Gasteiger partial charge >= 0.3 is 5.97 Å². The molecule has 0 aromatic heterocycles. The van der Waals surface area contributed by atoms with Crippen LogP contribution < -0.4 is 5.32 Å². The molecule has 0 radical (unpaired) electrons. The van der Waals surface area contributed by atoms with E-state index in [1.807, 2.05) is 6.92 Å². The van der Waals surface area contributed by atoms with E-state index < -0.39 is 5.97 Å². The van der Waals surface area contributed by atoms with Crippen LogP contribution in [0.1, 0.15) is 54.4 Å². The molecule has 1 aromatic carbocycles. The summed E-state index contributed by atoms with van der Waals surface area (Å²) in [6, 6.07) is 4.75. The fraction of sp³-hybridized carbons (Fsp3) is 0.600. The Balaban J connectivity index is 1.34. The van der Waals surface area contributed by atoms with E-state index in [1.54, 1.807) is 6.07 Å². The number of esters is 1. The number of phenolic OH excluding ortho intramolecular Hbond substituents is 1. The lowest BCUT2D eigenvalue weighted by Gasteiger charge is -2.56. The van der Waals surface area contributed by atoms with Crippen molar-refractivity contribution < 1.29 is 19.4 Å². The number of amides is 1. The van der Waals surface area contributed by atoms with Crippen LogP contribution >= 0.6 is 0 Å². The molecule has 0 heterocycles. The highest BCUT2D eigenvalue weighted by atomic mass is 16.5. The van der Waals surface area contributed by atoms with Gasteiger partial charge in [-0.05, 0) is 80.9 Å². The Morgan fingerprint density at radius 3 is 2.32 bits per heavy atom. The van der Waals surface area contributed by atoms with Crippen molar-refractivity contribution >= 4 is 11.9 Å². The molecule has 1 aromatic rings. The van der Waals surface area contributed by atoms with Gasteiger partial charge in [-0.1, -0.05) is 6.07 Å². The summed E-state index contributed by atoms with van der Waals surface area (Å²) in [7, 11) is 0. The van der Waals surface area contributed by atoms with Crippen LogP contribution in [0.5, 0.6) is 5.75 Å². The Kier molecular flexibility index (Phi) is 3.97. The monoisotopic (exact) mass is 343 g/mol. The summed E-state index contributed by atoms with van der Waals surface area (Å²) in [5.41, 5.74) is 0.867. The van der Waals surface area contributed by atoms with E-state index in [4.69, 9.17) is 4.74 Å². The number of aryl methyl sites for hydroxylation is 1. The van der Waals surface area contributed by atoms with E-state index in [1.165, 1.54) is 31.4 Å². The maximum absolute atomic E-state index is 12.4. The summed E-state index contributed by atoms with van der Waals surface area (Å²) in [6.07, 6.45) is 7.15. The number of hydrogen-bond donors (Lipinski definition) is 2. The number of carbonyl (C=O) groups is 2. The molecule has 0 aliphatic heterocycles. The molecule has 4 aliphatic rings. The lowest BCUT2D eigenvalue weighted by atomic mass is 9.53. The zero-order chi connectivity index (χ0) is 17.6. The van der Waals surface area contributed by atoms with E-state index in [0.29, 0.717) is 0 Å². The first-order valence-electron chi connectivity index (χ1n) is 9.20. The molecule has 1 amide bonds. The standard InChI is InChI=1S/C20H25NO4/c1-12-2-3-16(17(22)4-12)19(24)25-11-18(23)21-20-8-13-5-14(9-20)7-15(6-13)10-20/h2-4,13-15,22H,5-11H2,1H3,(H,21,23). The first-order chi connectivity index (χ1) is 11.9. The van der Waals surface area contributed by atoms with E-state index in [-0.39, 0.29) is 29.4 Å².